The maximum Gasteiger partial charge on any atom is 0.214 e. The highest BCUT2D eigenvalue weighted by Crippen LogP contribution is 2.29. The zero-order valence-corrected chi connectivity index (χ0v) is 16.6. The quantitative estimate of drug-likeness (QED) is 0.309. The molecular weight excluding hydrogens is 366 g/mol. The lowest BCUT2D eigenvalue weighted by atomic mass is 9.99. The second-order valence-electron chi connectivity index (χ2n) is 7.28. The number of benzene rings is 3. The topological polar surface area (TPSA) is 17.0 Å². The molecule has 0 saturated heterocycles. The Hall–Kier alpha value is -3.91. The first kappa shape index (κ1) is 18.1. The third-order valence-electron chi connectivity index (χ3n) is 5.31. The van der Waals surface area contributed by atoms with Crippen molar-refractivity contribution in [3.8, 4) is 33.6 Å². The zero-order valence-electron chi connectivity index (χ0n) is 16.6. The molecule has 0 radical (unpaired) electrons. The molecule has 0 unspecified atom stereocenters. The fourth-order valence-electron chi connectivity index (χ4n) is 3.84. The van der Waals surface area contributed by atoms with Crippen molar-refractivity contribution in [3.63, 3.8) is 0 Å². The molecule has 5 rings (SSSR count). The summed E-state index contributed by atoms with van der Waals surface area (Å²) in [7, 11) is 0. The van der Waals surface area contributed by atoms with Crippen LogP contribution < -0.4 is 4.57 Å². The number of rotatable bonds is 5. The lowest BCUT2D eigenvalue weighted by Crippen LogP contribution is -2.39. The predicted octanol–water partition coefficient (Wildman–Crippen LogP) is 6.62. The van der Waals surface area contributed by atoms with Crippen molar-refractivity contribution < 1.29 is 8.98 Å². The summed E-state index contributed by atoms with van der Waals surface area (Å²) in [6.45, 7) is 0.663. The van der Waals surface area contributed by atoms with Gasteiger partial charge in [-0.05, 0) is 47.5 Å². The van der Waals surface area contributed by atoms with Crippen molar-refractivity contribution in [2.24, 2.45) is 0 Å². The van der Waals surface area contributed by atoms with E-state index in [-0.39, 0.29) is 0 Å². The Bertz CT molecular complexity index is 1170. The van der Waals surface area contributed by atoms with E-state index in [0.29, 0.717) is 6.54 Å². The molecule has 0 spiro atoms. The molecule has 144 valence electrons. The summed E-state index contributed by atoms with van der Waals surface area (Å²) >= 11 is 0. The smallest absolute Gasteiger partial charge is 0.214 e. The molecule has 0 aliphatic heterocycles. The Morgan fingerprint density at radius 3 is 1.47 bits per heavy atom. The Morgan fingerprint density at radius 1 is 0.500 bits per heavy atom. The van der Waals surface area contributed by atoms with Crippen LogP contribution >= 0.6 is 0 Å². The molecule has 2 nitrogen and oxygen atoms in total. The summed E-state index contributed by atoms with van der Waals surface area (Å²) in [5, 5.41) is 0. The molecule has 0 N–H and O–H groups in total. The second kappa shape index (κ2) is 8.22. The highest BCUT2D eigenvalue weighted by molar-refractivity contribution is 5.73. The van der Waals surface area contributed by atoms with Gasteiger partial charge >= 0.3 is 0 Å². The third-order valence-corrected chi connectivity index (χ3v) is 5.31. The minimum absolute atomic E-state index is 0.663. The van der Waals surface area contributed by atoms with Crippen molar-refractivity contribution in [2.45, 2.75) is 6.54 Å². The van der Waals surface area contributed by atoms with Crippen molar-refractivity contribution in [2.75, 3.05) is 0 Å². The molecule has 30 heavy (non-hydrogen) atoms. The molecule has 0 amide bonds. The Balaban J connectivity index is 1.80. The van der Waals surface area contributed by atoms with Crippen molar-refractivity contribution in [3.05, 3.63) is 127 Å². The Labute approximate surface area is 176 Å². The van der Waals surface area contributed by atoms with E-state index in [0.717, 1.165) is 17.1 Å². The number of aromatic nitrogens is 1. The van der Waals surface area contributed by atoms with E-state index in [1.165, 1.54) is 22.3 Å². The van der Waals surface area contributed by atoms with Crippen LogP contribution in [0, 0.1) is 0 Å². The number of hydrogen-bond acceptors (Lipinski definition) is 1. The summed E-state index contributed by atoms with van der Waals surface area (Å²) in [5.74, 6) is 0.932. The van der Waals surface area contributed by atoms with Gasteiger partial charge < -0.3 is 4.42 Å². The molecule has 0 fully saturated rings. The molecule has 0 saturated carbocycles. The van der Waals surface area contributed by atoms with Gasteiger partial charge in [0.25, 0.3) is 0 Å². The van der Waals surface area contributed by atoms with Gasteiger partial charge in [0, 0.05) is 23.3 Å². The minimum Gasteiger partial charge on any atom is -0.463 e. The molecular formula is C28H22NO+. The van der Waals surface area contributed by atoms with E-state index in [9.17, 15) is 0 Å². The lowest BCUT2D eigenvalue weighted by Gasteiger charge is -2.12. The van der Waals surface area contributed by atoms with Crippen molar-refractivity contribution >= 4 is 0 Å². The summed E-state index contributed by atoms with van der Waals surface area (Å²) in [4.78, 5) is 0. The summed E-state index contributed by atoms with van der Waals surface area (Å²) in [6.07, 6.45) is 1.73. The van der Waals surface area contributed by atoms with E-state index in [2.05, 4.69) is 108 Å². The SMILES string of the molecule is c1ccc(-c2cc(-c3ccccc3)[n+](Cc3ccco3)c(-c3ccccc3)c2)cc1. The molecule has 0 aliphatic rings. The Morgan fingerprint density at radius 2 is 1.00 bits per heavy atom. The van der Waals surface area contributed by atoms with Crippen LogP contribution in [0.5, 0.6) is 0 Å². The number of nitrogens with zero attached hydrogens (tertiary/aromatic N) is 1. The molecule has 0 aliphatic carbocycles. The number of pyridine rings is 1. The molecule has 2 aromatic heterocycles. The first-order valence-electron chi connectivity index (χ1n) is 10.1. The van der Waals surface area contributed by atoms with Crippen LogP contribution in [-0.4, -0.2) is 0 Å². The van der Waals surface area contributed by atoms with Gasteiger partial charge in [0.05, 0.1) is 6.26 Å². The first-order valence-corrected chi connectivity index (χ1v) is 10.1. The van der Waals surface area contributed by atoms with E-state index < -0.39 is 0 Å². The molecule has 2 heteroatoms. The van der Waals surface area contributed by atoms with Crippen LogP contribution in [0.3, 0.4) is 0 Å². The van der Waals surface area contributed by atoms with E-state index >= 15 is 0 Å². The fraction of sp³-hybridized carbons (Fsp3) is 0.0357. The highest BCUT2D eigenvalue weighted by atomic mass is 16.3. The molecule has 5 aromatic rings. The van der Waals surface area contributed by atoms with Crippen LogP contribution in [0.15, 0.2) is 126 Å². The van der Waals surface area contributed by atoms with E-state index in [1.807, 2.05) is 12.1 Å². The van der Waals surface area contributed by atoms with Crippen LogP contribution in [0.1, 0.15) is 5.76 Å². The summed E-state index contributed by atoms with van der Waals surface area (Å²) < 4.78 is 8.06. The van der Waals surface area contributed by atoms with E-state index in [1.54, 1.807) is 6.26 Å². The van der Waals surface area contributed by atoms with Gasteiger partial charge in [0.2, 0.25) is 17.9 Å². The van der Waals surface area contributed by atoms with Gasteiger partial charge in [0.1, 0.15) is 0 Å². The Kier molecular flexibility index (Phi) is 4.97. The molecule has 0 atom stereocenters. The molecule has 0 bridgehead atoms. The largest absolute Gasteiger partial charge is 0.463 e. The highest BCUT2D eigenvalue weighted by Gasteiger charge is 2.23. The first-order chi connectivity index (χ1) is 14.9. The van der Waals surface area contributed by atoms with Crippen molar-refractivity contribution in [1.82, 2.24) is 0 Å². The average Bonchev–Trinajstić information content (AvgIpc) is 3.34. The van der Waals surface area contributed by atoms with Gasteiger partial charge in [-0.2, -0.15) is 4.57 Å². The van der Waals surface area contributed by atoms with Gasteiger partial charge in [-0.1, -0.05) is 66.7 Å². The summed E-state index contributed by atoms with van der Waals surface area (Å²) in [6, 6.07) is 40.2. The number of hydrogen-bond donors (Lipinski definition) is 0. The van der Waals surface area contributed by atoms with Gasteiger partial charge in [-0.3, -0.25) is 0 Å². The van der Waals surface area contributed by atoms with Gasteiger partial charge in [0.15, 0.2) is 5.76 Å². The molecule has 2 heterocycles. The van der Waals surface area contributed by atoms with Gasteiger partial charge in [-0.25, -0.2) is 0 Å². The molecule has 3 aromatic carbocycles. The van der Waals surface area contributed by atoms with Crippen LogP contribution in [0.25, 0.3) is 33.6 Å². The lowest BCUT2D eigenvalue weighted by molar-refractivity contribution is -0.668. The average molecular weight is 388 g/mol. The van der Waals surface area contributed by atoms with E-state index in [4.69, 9.17) is 4.42 Å². The maximum absolute atomic E-state index is 5.71. The summed E-state index contributed by atoms with van der Waals surface area (Å²) in [5.41, 5.74) is 7.08. The monoisotopic (exact) mass is 388 g/mol. The van der Waals surface area contributed by atoms with Gasteiger partial charge in [-0.15, -0.1) is 0 Å². The number of furan rings is 1. The minimum atomic E-state index is 0.663. The van der Waals surface area contributed by atoms with Crippen LogP contribution in [0.2, 0.25) is 0 Å². The van der Waals surface area contributed by atoms with Crippen LogP contribution in [-0.2, 0) is 6.54 Å². The maximum atomic E-state index is 5.71. The second-order valence-corrected chi connectivity index (χ2v) is 7.28. The third kappa shape index (κ3) is 3.68. The zero-order chi connectivity index (χ0) is 20.2. The standard InChI is InChI=1S/C28H22NO/c1-4-11-22(12-5-1)25-19-27(23-13-6-2-7-14-23)29(21-26-17-10-18-30-26)28(20-25)24-15-8-3-9-16-24/h1-20H,21H2/q+1. The predicted molar refractivity (Wildman–Crippen MR) is 121 cm³/mol. The normalized spacial score (nSPS) is 10.8. The fourth-order valence-corrected chi connectivity index (χ4v) is 3.84. The van der Waals surface area contributed by atoms with Crippen molar-refractivity contribution in [1.29, 1.82) is 0 Å². The van der Waals surface area contributed by atoms with Crippen LogP contribution in [0.4, 0.5) is 0 Å².